The van der Waals surface area contributed by atoms with Crippen molar-refractivity contribution >= 4 is 23.1 Å². The fourth-order valence-electron chi connectivity index (χ4n) is 1.68. The molecule has 102 valence electrons. The van der Waals surface area contributed by atoms with Crippen molar-refractivity contribution in [2.24, 2.45) is 0 Å². The molecule has 0 unspecified atom stereocenters. The van der Waals surface area contributed by atoms with Crippen molar-refractivity contribution in [3.63, 3.8) is 0 Å². The van der Waals surface area contributed by atoms with E-state index in [1.165, 1.54) is 12.3 Å². The first kappa shape index (κ1) is 14.2. The molecule has 20 heavy (non-hydrogen) atoms. The lowest BCUT2D eigenvalue weighted by Crippen LogP contribution is -1.96. The van der Waals surface area contributed by atoms with Crippen molar-refractivity contribution in [1.29, 1.82) is 0 Å². The Morgan fingerprint density at radius 2 is 1.90 bits per heavy atom. The second kappa shape index (κ2) is 6.26. The molecule has 0 aromatic heterocycles. The van der Waals surface area contributed by atoms with Gasteiger partial charge in [-0.3, -0.25) is 4.79 Å². The minimum atomic E-state index is -0.138. The quantitative estimate of drug-likeness (QED) is 0.504. The van der Waals surface area contributed by atoms with Crippen molar-refractivity contribution < 1.29 is 9.90 Å². The van der Waals surface area contributed by atoms with Gasteiger partial charge >= 0.3 is 0 Å². The second-order valence-corrected chi connectivity index (χ2v) is 4.81. The molecule has 0 aliphatic carbocycles. The van der Waals surface area contributed by atoms with Gasteiger partial charge in [-0.1, -0.05) is 17.7 Å². The Balaban J connectivity index is 2.04. The topological polar surface area (TPSA) is 49.3 Å². The molecule has 2 aromatic rings. The molecule has 2 rings (SSSR count). The van der Waals surface area contributed by atoms with Gasteiger partial charge < -0.3 is 10.4 Å². The molecule has 0 bridgehead atoms. The van der Waals surface area contributed by atoms with E-state index in [1.807, 2.05) is 13.0 Å². The number of benzene rings is 2. The first-order valence-corrected chi connectivity index (χ1v) is 6.46. The van der Waals surface area contributed by atoms with Gasteiger partial charge in [0.2, 0.25) is 0 Å². The summed E-state index contributed by atoms with van der Waals surface area (Å²) in [7, 11) is 0. The first-order chi connectivity index (χ1) is 9.56. The number of phenols is 1. The van der Waals surface area contributed by atoms with Gasteiger partial charge in [-0.05, 0) is 48.9 Å². The summed E-state index contributed by atoms with van der Waals surface area (Å²) in [6.45, 7) is 1.92. The molecule has 0 fully saturated rings. The van der Waals surface area contributed by atoms with E-state index in [9.17, 15) is 9.90 Å². The summed E-state index contributed by atoms with van der Waals surface area (Å²) in [4.78, 5) is 11.9. The third-order valence-corrected chi connectivity index (χ3v) is 3.01. The van der Waals surface area contributed by atoms with Gasteiger partial charge in [0.05, 0.1) is 5.69 Å². The third kappa shape index (κ3) is 3.62. The number of rotatable bonds is 4. The largest absolute Gasteiger partial charge is 0.506 e. The number of anilines is 1. The van der Waals surface area contributed by atoms with Crippen LogP contribution in [0, 0.1) is 6.92 Å². The van der Waals surface area contributed by atoms with Crippen LogP contribution in [0.15, 0.2) is 54.7 Å². The van der Waals surface area contributed by atoms with E-state index in [1.54, 1.807) is 36.4 Å². The molecule has 0 heterocycles. The van der Waals surface area contributed by atoms with Crippen molar-refractivity contribution in [2.45, 2.75) is 6.92 Å². The number of aromatic hydroxyl groups is 1. The molecule has 3 nitrogen and oxygen atoms in total. The highest BCUT2D eigenvalue weighted by molar-refractivity contribution is 6.30. The van der Waals surface area contributed by atoms with E-state index in [0.29, 0.717) is 16.3 Å². The van der Waals surface area contributed by atoms with Gasteiger partial charge in [0, 0.05) is 22.9 Å². The average Bonchev–Trinajstić information content (AvgIpc) is 2.43. The van der Waals surface area contributed by atoms with E-state index >= 15 is 0 Å². The molecule has 0 saturated carbocycles. The van der Waals surface area contributed by atoms with E-state index in [2.05, 4.69) is 5.32 Å². The normalized spacial score (nSPS) is 10.7. The predicted octanol–water partition coefficient (Wildman–Crippen LogP) is 4.16. The van der Waals surface area contributed by atoms with Crippen LogP contribution in [0.2, 0.25) is 5.02 Å². The van der Waals surface area contributed by atoms with Crippen LogP contribution >= 0.6 is 11.6 Å². The van der Waals surface area contributed by atoms with Crippen molar-refractivity contribution in [2.75, 3.05) is 5.32 Å². The number of carbonyl (C=O) groups excluding carboxylic acids is 1. The van der Waals surface area contributed by atoms with Gasteiger partial charge in [-0.25, -0.2) is 0 Å². The Morgan fingerprint density at radius 3 is 2.60 bits per heavy atom. The Labute approximate surface area is 122 Å². The molecule has 0 atom stereocenters. The summed E-state index contributed by atoms with van der Waals surface area (Å²) in [6, 6.07) is 11.9. The number of hydrogen-bond acceptors (Lipinski definition) is 3. The zero-order valence-corrected chi connectivity index (χ0v) is 11.7. The van der Waals surface area contributed by atoms with Crippen molar-refractivity contribution in [1.82, 2.24) is 0 Å². The Kier molecular flexibility index (Phi) is 4.43. The van der Waals surface area contributed by atoms with E-state index in [4.69, 9.17) is 11.6 Å². The standard InChI is InChI=1S/C16H14ClNO2/c1-11-2-7-16(20)14(10-11)18-9-8-15(19)12-3-5-13(17)6-4-12/h2-10,18,20H,1H3/b9-8+. The summed E-state index contributed by atoms with van der Waals surface area (Å²) >= 11 is 5.76. The van der Waals surface area contributed by atoms with Crippen LogP contribution in [0.4, 0.5) is 5.69 Å². The van der Waals surface area contributed by atoms with E-state index < -0.39 is 0 Å². The monoisotopic (exact) mass is 287 g/mol. The summed E-state index contributed by atoms with van der Waals surface area (Å²) in [5.74, 6) is 0.000464. The highest BCUT2D eigenvalue weighted by Crippen LogP contribution is 2.23. The fraction of sp³-hybridized carbons (Fsp3) is 0.0625. The van der Waals surface area contributed by atoms with Gasteiger partial charge in [0.25, 0.3) is 0 Å². The third-order valence-electron chi connectivity index (χ3n) is 2.75. The number of phenolic OH excluding ortho intramolecular Hbond substituents is 1. The van der Waals surface area contributed by atoms with Crippen LogP contribution in [-0.2, 0) is 0 Å². The van der Waals surface area contributed by atoms with Crippen LogP contribution in [0.5, 0.6) is 5.75 Å². The number of carbonyl (C=O) groups is 1. The van der Waals surface area contributed by atoms with Crippen molar-refractivity contribution in [3.8, 4) is 5.75 Å². The fourth-order valence-corrected chi connectivity index (χ4v) is 1.81. The molecule has 0 aliphatic rings. The van der Waals surface area contributed by atoms with Gasteiger partial charge in [-0.15, -0.1) is 0 Å². The zero-order chi connectivity index (χ0) is 14.5. The minimum Gasteiger partial charge on any atom is -0.506 e. The Morgan fingerprint density at radius 1 is 1.20 bits per heavy atom. The molecular weight excluding hydrogens is 274 g/mol. The predicted molar refractivity (Wildman–Crippen MR) is 81.4 cm³/mol. The van der Waals surface area contributed by atoms with Crippen LogP contribution in [0.25, 0.3) is 0 Å². The number of ketones is 1. The number of allylic oxidation sites excluding steroid dienone is 1. The van der Waals surface area contributed by atoms with Gasteiger partial charge in [0.15, 0.2) is 5.78 Å². The summed E-state index contributed by atoms with van der Waals surface area (Å²) < 4.78 is 0. The maximum absolute atomic E-state index is 11.9. The second-order valence-electron chi connectivity index (χ2n) is 4.37. The van der Waals surface area contributed by atoms with Crippen LogP contribution in [0.3, 0.4) is 0 Å². The lowest BCUT2D eigenvalue weighted by atomic mass is 10.1. The molecule has 0 saturated heterocycles. The van der Waals surface area contributed by atoms with Crippen molar-refractivity contribution in [3.05, 3.63) is 70.9 Å². The highest BCUT2D eigenvalue weighted by atomic mass is 35.5. The molecular formula is C16H14ClNO2. The van der Waals surface area contributed by atoms with Crippen LogP contribution < -0.4 is 5.32 Å². The molecule has 2 N–H and O–H groups in total. The van der Waals surface area contributed by atoms with E-state index in [-0.39, 0.29) is 11.5 Å². The Bertz CT molecular complexity index is 648. The highest BCUT2D eigenvalue weighted by Gasteiger charge is 2.02. The number of nitrogens with one attached hydrogen (secondary N) is 1. The van der Waals surface area contributed by atoms with Gasteiger partial charge in [-0.2, -0.15) is 0 Å². The Hall–Kier alpha value is -2.26. The molecule has 0 radical (unpaired) electrons. The van der Waals surface area contributed by atoms with Crippen LogP contribution in [0.1, 0.15) is 15.9 Å². The number of halogens is 1. The van der Waals surface area contributed by atoms with E-state index in [0.717, 1.165) is 5.56 Å². The summed E-state index contributed by atoms with van der Waals surface area (Å²) in [5.41, 5.74) is 2.13. The molecule has 2 aromatic carbocycles. The maximum atomic E-state index is 11.9. The lowest BCUT2D eigenvalue weighted by molar-refractivity contribution is 0.104. The number of hydrogen-bond donors (Lipinski definition) is 2. The number of aryl methyl sites for hydroxylation is 1. The summed E-state index contributed by atoms with van der Waals surface area (Å²) in [6.07, 6.45) is 2.91. The van der Waals surface area contributed by atoms with Gasteiger partial charge in [0.1, 0.15) is 5.75 Å². The average molecular weight is 288 g/mol. The first-order valence-electron chi connectivity index (χ1n) is 6.09. The maximum Gasteiger partial charge on any atom is 0.187 e. The molecule has 0 amide bonds. The molecule has 0 aliphatic heterocycles. The zero-order valence-electron chi connectivity index (χ0n) is 10.9. The smallest absolute Gasteiger partial charge is 0.187 e. The van der Waals surface area contributed by atoms with Crippen LogP contribution in [-0.4, -0.2) is 10.9 Å². The molecule has 4 heteroatoms. The summed E-state index contributed by atoms with van der Waals surface area (Å²) in [5, 5.41) is 13.1. The molecule has 0 spiro atoms. The lowest BCUT2D eigenvalue weighted by Gasteiger charge is -2.04. The minimum absolute atomic E-state index is 0.138. The SMILES string of the molecule is Cc1ccc(O)c(N/C=C/C(=O)c2ccc(Cl)cc2)c1.